The molecule has 0 amide bonds. The maximum absolute atomic E-state index is 12.3. The lowest BCUT2D eigenvalue weighted by atomic mass is 10.2. The molecule has 0 saturated heterocycles. The van der Waals surface area contributed by atoms with Gasteiger partial charge in [-0.2, -0.15) is 5.10 Å². The Kier molecular flexibility index (Phi) is 4.26. The molecule has 0 bridgehead atoms. The highest BCUT2D eigenvalue weighted by atomic mass is 35.5. The number of nitrogens with zero attached hydrogens (tertiary/aromatic N) is 2. The Balaban J connectivity index is 2.38. The van der Waals surface area contributed by atoms with Crippen molar-refractivity contribution in [2.45, 2.75) is 17.9 Å². The van der Waals surface area contributed by atoms with E-state index in [1.54, 1.807) is 6.92 Å². The molecule has 112 valence electrons. The number of aromatic nitrogens is 2. The molecule has 1 heterocycles. The van der Waals surface area contributed by atoms with Crippen LogP contribution in [0.5, 0.6) is 0 Å². The van der Waals surface area contributed by atoms with E-state index in [0.717, 1.165) is 12.1 Å². The molecule has 2 N–H and O–H groups in total. The van der Waals surface area contributed by atoms with Crippen LogP contribution in [-0.2, 0) is 10.0 Å². The molecule has 0 aliphatic heterocycles. The lowest BCUT2D eigenvalue weighted by Gasteiger charge is -2.12. The lowest BCUT2D eigenvalue weighted by molar-refractivity contribution is -0.387. The zero-order valence-corrected chi connectivity index (χ0v) is 12.4. The van der Waals surface area contributed by atoms with Gasteiger partial charge in [-0.15, -0.1) is 0 Å². The van der Waals surface area contributed by atoms with E-state index in [1.165, 1.54) is 18.5 Å². The van der Waals surface area contributed by atoms with Gasteiger partial charge in [-0.1, -0.05) is 11.6 Å². The molecule has 21 heavy (non-hydrogen) atoms. The molecule has 0 saturated carbocycles. The SMILES string of the molecule is CC(NS(=O)(=O)c1ccc(Cl)cc1[N+](=O)[O-])c1cn[nH]c1. The minimum Gasteiger partial charge on any atom is -0.285 e. The smallest absolute Gasteiger partial charge is 0.285 e. The van der Waals surface area contributed by atoms with Gasteiger partial charge in [-0.05, 0) is 19.1 Å². The average molecular weight is 331 g/mol. The van der Waals surface area contributed by atoms with E-state index in [2.05, 4.69) is 14.9 Å². The number of aromatic amines is 1. The standard InChI is InChI=1S/C11H11ClN4O4S/c1-7(8-5-13-14-6-8)15-21(19,20)11-3-2-9(12)4-10(11)16(17)18/h2-7,15H,1H3,(H,13,14). The zero-order valence-electron chi connectivity index (χ0n) is 10.8. The zero-order chi connectivity index (χ0) is 15.6. The monoisotopic (exact) mass is 330 g/mol. The fourth-order valence-electron chi connectivity index (χ4n) is 1.72. The third kappa shape index (κ3) is 3.38. The van der Waals surface area contributed by atoms with Crippen molar-refractivity contribution >= 4 is 27.3 Å². The molecule has 1 aromatic heterocycles. The number of nitrogens with one attached hydrogen (secondary N) is 2. The van der Waals surface area contributed by atoms with Crippen LogP contribution in [0.3, 0.4) is 0 Å². The third-order valence-corrected chi connectivity index (χ3v) is 4.58. The van der Waals surface area contributed by atoms with Crippen LogP contribution in [0.15, 0.2) is 35.5 Å². The fraction of sp³-hybridized carbons (Fsp3) is 0.182. The summed E-state index contributed by atoms with van der Waals surface area (Å²) in [6.07, 6.45) is 2.99. The Morgan fingerprint density at radius 1 is 1.48 bits per heavy atom. The molecule has 1 aromatic carbocycles. The van der Waals surface area contributed by atoms with E-state index in [0.29, 0.717) is 5.56 Å². The molecule has 0 aliphatic rings. The number of halogens is 1. The fourth-order valence-corrected chi connectivity index (χ4v) is 3.27. The normalized spacial score (nSPS) is 13.0. The van der Waals surface area contributed by atoms with E-state index < -0.39 is 31.6 Å². The van der Waals surface area contributed by atoms with E-state index in [-0.39, 0.29) is 5.02 Å². The highest BCUT2D eigenvalue weighted by molar-refractivity contribution is 7.89. The summed E-state index contributed by atoms with van der Waals surface area (Å²) < 4.78 is 26.9. The molecule has 0 radical (unpaired) electrons. The molecule has 1 unspecified atom stereocenters. The van der Waals surface area contributed by atoms with Gasteiger partial charge in [0.1, 0.15) is 0 Å². The highest BCUT2D eigenvalue weighted by Gasteiger charge is 2.27. The molecule has 10 heteroatoms. The third-order valence-electron chi connectivity index (χ3n) is 2.76. The van der Waals surface area contributed by atoms with E-state index in [1.807, 2.05) is 0 Å². The molecule has 0 spiro atoms. The molecule has 0 fully saturated rings. The second-order valence-corrected chi connectivity index (χ2v) is 6.36. The Hall–Kier alpha value is -1.97. The first-order valence-electron chi connectivity index (χ1n) is 5.76. The van der Waals surface area contributed by atoms with Crippen molar-refractivity contribution in [1.82, 2.24) is 14.9 Å². The number of benzene rings is 1. The summed E-state index contributed by atoms with van der Waals surface area (Å²) in [6, 6.07) is 2.79. The van der Waals surface area contributed by atoms with Crippen LogP contribution in [-0.4, -0.2) is 23.5 Å². The van der Waals surface area contributed by atoms with Gasteiger partial charge in [-0.25, -0.2) is 13.1 Å². The second kappa shape index (κ2) is 5.80. The number of H-pyrrole nitrogens is 1. The first-order valence-corrected chi connectivity index (χ1v) is 7.62. The Morgan fingerprint density at radius 2 is 2.19 bits per heavy atom. The largest absolute Gasteiger partial charge is 0.290 e. The maximum atomic E-state index is 12.3. The summed E-state index contributed by atoms with van der Waals surface area (Å²) in [6.45, 7) is 1.60. The molecule has 2 aromatic rings. The Bertz CT molecular complexity index is 761. The summed E-state index contributed by atoms with van der Waals surface area (Å²) in [5.74, 6) is 0. The summed E-state index contributed by atoms with van der Waals surface area (Å²) in [7, 11) is -4.07. The van der Waals surface area contributed by atoms with Gasteiger partial charge in [0.2, 0.25) is 10.0 Å². The summed E-state index contributed by atoms with van der Waals surface area (Å²) >= 11 is 5.67. The minimum atomic E-state index is -4.07. The lowest BCUT2D eigenvalue weighted by Crippen LogP contribution is -2.27. The topological polar surface area (TPSA) is 118 Å². The first kappa shape index (κ1) is 15.4. The van der Waals surface area contributed by atoms with Gasteiger partial charge in [0.25, 0.3) is 5.69 Å². The molecule has 2 rings (SSSR count). The van der Waals surface area contributed by atoms with Gasteiger partial charge < -0.3 is 0 Å². The Morgan fingerprint density at radius 3 is 2.76 bits per heavy atom. The van der Waals surface area contributed by atoms with Gasteiger partial charge in [-0.3, -0.25) is 15.2 Å². The molecular weight excluding hydrogens is 320 g/mol. The van der Waals surface area contributed by atoms with Crippen LogP contribution in [0.1, 0.15) is 18.5 Å². The van der Waals surface area contributed by atoms with Crippen molar-refractivity contribution in [3.8, 4) is 0 Å². The van der Waals surface area contributed by atoms with Crippen LogP contribution in [0.2, 0.25) is 5.02 Å². The van der Waals surface area contributed by atoms with Crippen molar-refractivity contribution in [3.05, 3.63) is 51.3 Å². The van der Waals surface area contributed by atoms with E-state index in [9.17, 15) is 18.5 Å². The predicted octanol–water partition coefficient (Wildman–Crippen LogP) is 2.01. The van der Waals surface area contributed by atoms with Crippen molar-refractivity contribution in [2.75, 3.05) is 0 Å². The van der Waals surface area contributed by atoms with Gasteiger partial charge >= 0.3 is 0 Å². The highest BCUT2D eigenvalue weighted by Crippen LogP contribution is 2.28. The quantitative estimate of drug-likeness (QED) is 0.642. The maximum Gasteiger partial charge on any atom is 0.290 e. The summed E-state index contributed by atoms with van der Waals surface area (Å²) in [4.78, 5) is 9.75. The second-order valence-electron chi connectivity index (χ2n) is 4.24. The molecular formula is C11H11ClN4O4S. The van der Waals surface area contributed by atoms with Gasteiger partial charge in [0.05, 0.1) is 11.1 Å². The number of sulfonamides is 1. The molecule has 0 aliphatic carbocycles. The average Bonchev–Trinajstić information content (AvgIpc) is 2.91. The van der Waals surface area contributed by atoms with Crippen LogP contribution >= 0.6 is 11.6 Å². The van der Waals surface area contributed by atoms with Crippen molar-refractivity contribution < 1.29 is 13.3 Å². The number of nitro groups is 1. The van der Waals surface area contributed by atoms with Crippen LogP contribution < -0.4 is 4.72 Å². The van der Waals surface area contributed by atoms with Crippen molar-refractivity contribution in [2.24, 2.45) is 0 Å². The summed E-state index contributed by atoms with van der Waals surface area (Å²) in [5.41, 5.74) is 0.0320. The summed E-state index contributed by atoms with van der Waals surface area (Å²) in [5, 5.41) is 17.3. The van der Waals surface area contributed by atoms with Gasteiger partial charge in [0, 0.05) is 28.9 Å². The van der Waals surface area contributed by atoms with Crippen LogP contribution in [0.4, 0.5) is 5.69 Å². The number of hydrogen-bond acceptors (Lipinski definition) is 5. The molecule has 8 nitrogen and oxygen atoms in total. The minimum absolute atomic E-state index is 0.0866. The first-order chi connectivity index (χ1) is 9.81. The number of rotatable bonds is 5. The van der Waals surface area contributed by atoms with E-state index in [4.69, 9.17) is 11.6 Å². The number of hydrogen-bond donors (Lipinski definition) is 2. The Labute approximate surface area is 125 Å². The van der Waals surface area contributed by atoms with Gasteiger partial charge in [0.15, 0.2) is 4.90 Å². The van der Waals surface area contributed by atoms with Crippen molar-refractivity contribution in [3.63, 3.8) is 0 Å². The van der Waals surface area contributed by atoms with Crippen LogP contribution in [0.25, 0.3) is 0 Å². The predicted molar refractivity (Wildman–Crippen MR) is 75.4 cm³/mol. The van der Waals surface area contributed by atoms with Crippen molar-refractivity contribution in [1.29, 1.82) is 0 Å². The molecule has 1 atom stereocenters. The van der Waals surface area contributed by atoms with E-state index >= 15 is 0 Å². The number of nitro benzene ring substituents is 1. The van der Waals surface area contributed by atoms with Crippen LogP contribution in [0, 0.1) is 10.1 Å².